The number of carbonyl (C=O) groups is 1. The first-order valence-electron chi connectivity index (χ1n) is 9.89. The lowest BCUT2D eigenvalue weighted by atomic mass is 10.1. The molecule has 4 rings (SSSR count). The van der Waals surface area contributed by atoms with Gasteiger partial charge >= 0.3 is 0 Å². The van der Waals surface area contributed by atoms with E-state index in [4.69, 9.17) is 4.98 Å². The molecule has 0 spiro atoms. The summed E-state index contributed by atoms with van der Waals surface area (Å²) in [4.78, 5) is 20.1. The highest BCUT2D eigenvalue weighted by Gasteiger charge is 2.17. The van der Waals surface area contributed by atoms with Gasteiger partial charge in [-0.25, -0.2) is 9.67 Å². The molecule has 7 nitrogen and oxygen atoms in total. The van der Waals surface area contributed by atoms with Crippen LogP contribution in [0.4, 0.5) is 0 Å². The zero-order chi connectivity index (χ0) is 19.3. The van der Waals surface area contributed by atoms with E-state index < -0.39 is 0 Å². The van der Waals surface area contributed by atoms with Gasteiger partial charge in [-0.2, -0.15) is 5.10 Å². The Morgan fingerprint density at radius 1 is 1.21 bits per heavy atom. The number of aryl methyl sites for hydroxylation is 1. The van der Waals surface area contributed by atoms with Gasteiger partial charge in [0.2, 0.25) is 0 Å². The van der Waals surface area contributed by atoms with Crippen molar-refractivity contribution in [2.75, 3.05) is 39.3 Å². The maximum atomic E-state index is 13.0. The van der Waals surface area contributed by atoms with E-state index in [9.17, 15) is 4.79 Å². The van der Waals surface area contributed by atoms with Gasteiger partial charge in [0.15, 0.2) is 5.65 Å². The van der Waals surface area contributed by atoms with Crippen LogP contribution in [0.1, 0.15) is 17.3 Å². The fourth-order valence-electron chi connectivity index (χ4n) is 3.58. The second kappa shape index (κ2) is 8.50. The lowest BCUT2D eigenvalue weighted by molar-refractivity contribution is 0.0949. The highest BCUT2D eigenvalue weighted by Crippen LogP contribution is 2.24. The Balaban J connectivity index is 1.59. The Kier molecular flexibility index (Phi) is 5.64. The second-order valence-corrected chi connectivity index (χ2v) is 6.97. The number of piperazine rings is 1. The van der Waals surface area contributed by atoms with Crippen LogP contribution in [0.25, 0.3) is 22.3 Å². The molecule has 146 valence electrons. The van der Waals surface area contributed by atoms with E-state index in [1.165, 1.54) is 0 Å². The van der Waals surface area contributed by atoms with Gasteiger partial charge in [-0.3, -0.25) is 9.69 Å². The minimum atomic E-state index is -0.0737. The monoisotopic (exact) mass is 378 g/mol. The van der Waals surface area contributed by atoms with Crippen molar-refractivity contribution in [2.24, 2.45) is 0 Å². The first-order valence-corrected chi connectivity index (χ1v) is 9.89. The molecule has 7 heteroatoms. The molecule has 1 aliphatic rings. The third-order valence-electron chi connectivity index (χ3n) is 5.15. The fraction of sp³-hybridized carbons (Fsp3) is 0.381. The van der Waals surface area contributed by atoms with Crippen molar-refractivity contribution in [3.05, 3.63) is 48.2 Å². The minimum absolute atomic E-state index is 0.0737. The summed E-state index contributed by atoms with van der Waals surface area (Å²) in [6.45, 7) is 8.29. The number of pyridine rings is 1. The summed E-state index contributed by atoms with van der Waals surface area (Å²) >= 11 is 0. The predicted octanol–water partition coefficient (Wildman–Crippen LogP) is 1.75. The van der Waals surface area contributed by atoms with Crippen LogP contribution in [0.15, 0.2) is 42.6 Å². The summed E-state index contributed by atoms with van der Waals surface area (Å²) in [6.07, 6.45) is 1.74. The number of aromatic nitrogens is 3. The summed E-state index contributed by atoms with van der Waals surface area (Å²) in [5.74, 6) is -0.0737. The number of fused-ring (bicyclic) bond motifs is 1. The molecule has 0 bridgehead atoms. The van der Waals surface area contributed by atoms with Gasteiger partial charge in [-0.05, 0) is 13.0 Å². The van der Waals surface area contributed by atoms with Crippen molar-refractivity contribution < 1.29 is 4.79 Å². The molecular formula is C21H26N6O. The van der Waals surface area contributed by atoms with E-state index in [0.29, 0.717) is 18.7 Å². The molecule has 28 heavy (non-hydrogen) atoms. The van der Waals surface area contributed by atoms with E-state index >= 15 is 0 Å². The van der Waals surface area contributed by atoms with Gasteiger partial charge < -0.3 is 10.6 Å². The van der Waals surface area contributed by atoms with Gasteiger partial charge in [0.1, 0.15) is 0 Å². The number of hydrogen-bond acceptors (Lipinski definition) is 5. The van der Waals surface area contributed by atoms with Gasteiger partial charge in [0, 0.05) is 51.4 Å². The summed E-state index contributed by atoms with van der Waals surface area (Å²) in [7, 11) is 0. The third kappa shape index (κ3) is 3.90. The summed E-state index contributed by atoms with van der Waals surface area (Å²) in [6, 6.07) is 11.8. The molecule has 3 heterocycles. The fourth-order valence-corrected chi connectivity index (χ4v) is 3.58. The van der Waals surface area contributed by atoms with E-state index in [1.54, 1.807) is 6.20 Å². The quantitative estimate of drug-likeness (QED) is 0.684. The number of nitrogens with one attached hydrogen (secondary N) is 2. The zero-order valence-electron chi connectivity index (χ0n) is 16.2. The van der Waals surface area contributed by atoms with Crippen molar-refractivity contribution in [1.82, 2.24) is 30.3 Å². The van der Waals surface area contributed by atoms with Crippen molar-refractivity contribution >= 4 is 16.9 Å². The molecule has 0 radical (unpaired) electrons. The molecule has 1 amide bonds. The average Bonchev–Trinajstić information content (AvgIpc) is 3.17. The summed E-state index contributed by atoms with van der Waals surface area (Å²) < 4.78 is 1.83. The number of amides is 1. The Morgan fingerprint density at radius 3 is 2.75 bits per heavy atom. The van der Waals surface area contributed by atoms with Crippen LogP contribution in [0.2, 0.25) is 0 Å². The highest BCUT2D eigenvalue weighted by molar-refractivity contribution is 6.06. The Morgan fingerprint density at radius 2 is 2.00 bits per heavy atom. The van der Waals surface area contributed by atoms with Crippen LogP contribution >= 0.6 is 0 Å². The lowest BCUT2D eigenvalue weighted by Crippen LogP contribution is -2.46. The Bertz CT molecular complexity index is 946. The molecule has 0 unspecified atom stereocenters. The summed E-state index contributed by atoms with van der Waals surface area (Å²) in [5, 5.41) is 11.6. The standard InChI is InChI=1S/C21H26N6O/c1-2-27-20-18(15-24-27)17(14-19(25-20)16-6-4-3-5-7-16)21(28)23-10-13-26-11-8-22-9-12-26/h3-7,14-15,22H,2,8-13H2,1H3,(H,23,28). The topological polar surface area (TPSA) is 75.1 Å². The molecule has 1 aromatic carbocycles. The molecule has 1 aliphatic heterocycles. The Hall–Kier alpha value is -2.77. The highest BCUT2D eigenvalue weighted by atomic mass is 16.1. The van der Waals surface area contributed by atoms with Crippen LogP contribution < -0.4 is 10.6 Å². The summed E-state index contributed by atoms with van der Waals surface area (Å²) in [5.41, 5.74) is 3.15. The molecule has 2 N–H and O–H groups in total. The minimum Gasteiger partial charge on any atom is -0.351 e. The van der Waals surface area contributed by atoms with Crippen LogP contribution in [0, 0.1) is 0 Å². The molecule has 0 aliphatic carbocycles. The molecule has 3 aromatic rings. The van der Waals surface area contributed by atoms with E-state index in [-0.39, 0.29) is 5.91 Å². The van der Waals surface area contributed by atoms with Crippen LogP contribution in [0.5, 0.6) is 0 Å². The number of nitrogens with zero attached hydrogens (tertiary/aromatic N) is 4. The first-order chi connectivity index (χ1) is 13.8. The van der Waals surface area contributed by atoms with Crippen LogP contribution in [-0.2, 0) is 6.54 Å². The third-order valence-corrected chi connectivity index (χ3v) is 5.15. The normalized spacial score (nSPS) is 15.0. The van der Waals surface area contributed by atoms with E-state index in [0.717, 1.165) is 55.0 Å². The van der Waals surface area contributed by atoms with E-state index in [2.05, 4.69) is 20.6 Å². The maximum Gasteiger partial charge on any atom is 0.252 e. The van der Waals surface area contributed by atoms with Crippen molar-refractivity contribution in [1.29, 1.82) is 0 Å². The average molecular weight is 378 g/mol. The first kappa shape index (κ1) is 18.6. The number of carbonyl (C=O) groups excluding carboxylic acids is 1. The van der Waals surface area contributed by atoms with Crippen LogP contribution in [-0.4, -0.2) is 64.8 Å². The van der Waals surface area contributed by atoms with Gasteiger partial charge in [0.05, 0.1) is 22.8 Å². The van der Waals surface area contributed by atoms with Gasteiger partial charge in [-0.15, -0.1) is 0 Å². The Labute approximate surface area is 164 Å². The molecule has 1 fully saturated rings. The number of rotatable bonds is 6. The molecular weight excluding hydrogens is 352 g/mol. The van der Waals surface area contributed by atoms with E-state index in [1.807, 2.05) is 48.0 Å². The smallest absolute Gasteiger partial charge is 0.252 e. The predicted molar refractivity (Wildman–Crippen MR) is 110 cm³/mol. The van der Waals surface area contributed by atoms with Crippen molar-refractivity contribution in [2.45, 2.75) is 13.5 Å². The van der Waals surface area contributed by atoms with Crippen LogP contribution in [0.3, 0.4) is 0 Å². The maximum absolute atomic E-state index is 13.0. The molecule has 2 aromatic heterocycles. The largest absolute Gasteiger partial charge is 0.351 e. The lowest BCUT2D eigenvalue weighted by Gasteiger charge is -2.27. The zero-order valence-corrected chi connectivity index (χ0v) is 16.2. The SMILES string of the molecule is CCn1ncc2c(C(=O)NCCN3CCNCC3)cc(-c3ccccc3)nc21. The molecule has 0 saturated carbocycles. The van der Waals surface area contributed by atoms with Crippen molar-refractivity contribution in [3.8, 4) is 11.3 Å². The van der Waals surface area contributed by atoms with Gasteiger partial charge in [0.25, 0.3) is 5.91 Å². The number of hydrogen-bond donors (Lipinski definition) is 2. The molecule has 1 saturated heterocycles. The second-order valence-electron chi connectivity index (χ2n) is 6.97. The number of benzene rings is 1. The van der Waals surface area contributed by atoms with Gasteiger partial charge in [-0.1, -0.05) is 30.3 Å². The molecule has 0 atom stereocenters. The van der Waals surface area contributed by atoms with Crippen molar-refractivity contribution in [3.63, 3.8) is 0 Å².